The molecule has 0 aliphatic carbocycles. The molecule has 3 rings (SSSR count). The molecule has 9 heteroatoms. The Morgan fingerprint density at radius 2 is 1.52 bits per heavy atom. The van der Waals surface area contributed by atoms with Gasteiger partial charge in [0.1, 0.15) is 18.3 Å². The first-order valence-corrected chi connectivity index (χ1v) is 15.0. The topological polar surface area (TPSA) is 96.0 Å². The molecule has 40 heavy (non-hydrogen) atoms. The zero-order chi connectivity index (χ0) is 29.3. The molecule has 0 radical (unpaired) electrons. The molecule has 0 spiro atoms. The average Bonchev–Trinajstić information content (AvgIpc) is 2.95. The number of aryl methyl sites for hydroxylation is 1. The summed E-state index contributed by atoms with van der Waals surface area (Å²) in [6.45, 7) is 9.39. The van der Waals surface area contributed by atoms with Gasteiger partial charge in [0.2, 0.25) is 11.8 Å². The molecule has 0 aliphatic rings. The Labute approximate surface area is 238 Å². The van der Waals surface area contributed by atoms with Crippen LogP contribution in [0, 0.1) is 6.92 Å². The van der Waals surface area contributed by atoms with E-state index in [1.54, 1.807) is 43.3 Å². The second-order valence-corrected chi connectivity index (χ2v) is 11.6. The van der Waals surface area contributed by atoms with Crippen molar-refractivity contribution >= 4 is 27.5 Å². The van der Waals surface area contributed by atoms with E-state index in [-0.39, 0.29) is 23.4 Å². The molecule has 8 nitrogen and oxygen atoms in total. The van der Waals surface area contributed by atoms with Gasteiger partial charge in [0.15, 0.2) is 0 Å². The van der Waals surface area contributed by atoms with E-state index in [0.717, 1.165) is 21.9 Å². The van der Waals surface area contributed by atoms with Crippen LogP contribution in [-0.2, 0) is 26.2 Å². The highest BCUT2D eigenvalue weighted by Crippen LogP contribution is 2.27. The van der Waals surface area contributed by atoms with Crippen molar-refractivity contribution in [1.82, 2.24) is 10.2 Å². The standard InChI is InChI=1S/C31H39N3O5S/c1-6-24(4)32-31(36)25(5)33(21-26-11-9-8-10-12-26)30(35)22-34(27-15-17-28(18-16-27)39-7-2)40(37,38)29-19-13-23(3)14-20-29/h8-20,24-25H,6-7,21-22H2,1-5H3,(H,32,36)/t24-,25+/m1/s1. The smallest absolute Gasteiger partial charge is 0.264 e. The number of anilines is 1. The lowest BCUT2D eigenvalue weighted by molar-refractivity contribution is -0.139. The van der Waals surface area contributed by atoms with Gasteiger partial charge in [-0.05, 0) is 76.1 Å². The summed E-state index contributed by atoms with van der Waals surface area (Å²) in [7, 11) is -4.12. The van der Waals surface area contributed by atoms with Gasteiger partial charge in [-0.1, -0.05) is 55.0 Å². The zero-order valence-corrected chi connectivity index (χ0v) is 24.6. The van der Waals surface area contributed by atoms with Crippen molar-refractivity contribution in [1.29, 1.82) is 0 Å². The van der Waals surface area contributed by atoms with Crippen LogP contribution in [0.3, 0.4) is 0 Å². The number of benzene rings is 3. The van der Waals surface area contributed by atoms with Crippen LogP contribution in [0.2, 0.25) is 0 Å². The maximum atomic E-state index is 13.9. The number of hydrogen-bond acceptors (Lipinski definition) is 5. The summed E-state index contributed by atoms with van der Waals surface area (Å²) in [6, 6.07) is 21.5. The first-order chi connectivity index (χ1) is 19.1. The van der Waals surface area contributed by atoms with Gasteiger partial charge in [0, 0.05) is 12.6 Å². The molecule has 2 amide bonds. The van der Waals surface area contributed by atoms with Gasteiger partial charge in [-0.2, -0.15) is 0 Å². The number of nitrogens with one attached hydrogen (secondary N) is 1. The summed E-state index contributed by atoms with van der Waals surface area (Å²) in [5.74, 6) is -0.209. The molecular formula is C31H39N3O5S. The predicted octanol–water partition coefficient (Wildman–Crippen LogP) is 4.92. The number of carbonyl (C=O) groups is 2. The van der Waals surface area contributed by atoms with Crippen LogP contribution in [-0.4, -0.2) is 50.4 Å². The fraction of sp³-hybridized carbons (Fsp3) is 0.355. The maximum Gasteiger partial charge on any atom is 0.264 e. The lowest BCUT2D eigenvalue weighted by Gasteiger charge is -2.32. The molecule has 0 bridgehead atoms. The Bertz CT molecular complexity index is 1360. The largest absolute Gasteiger partial charge is 0.494 e. The van der Waals surface area contributed by atoms with Crippen molar-refractivity contribution in [3.63, 3.8) is 0 Å². The third kappa shape index (κ3) is 7.85. The summed E-state index contributed by atoms with van der Waals surface area (Å²) in [5.41, 5.74) is 2.06. The van der Waals surface area contributed by atoms with Crippen molar-refractivity contribution in [3.05, 3.63) is 90.0 Å². The fourth-order valence-electron chi connectivity index (χ4n) is 4.07. The van der Waals surface area contributed by atoms with Gasteiger partial charge in [-0.3, -0.25) is 13.9 Å². The highest BCUT2D eigenvalue weighted by molar-refractivity contribution is 7.92. The predicted molar refractivity (Wildman–Crippen MR) is 158 cm³/mol. The van der Waals surface area contributed by atoms with Crippen LogP contribution in [0.25, 0.3) is 0 Å². The first kappa shape index (κ1) is 30.7. The van der Waals surface area contributed by atoms with Crippen LogP contribution in [0.4, 0.5) is 5.69 Å². The Hall–Kier alpha value is -3.85. The number of nitrogens with zero attached hydrogens (tertiary/aromatic N) is 2. The Kier molecular flexibility index (Phi) is 10.7. The van der Waals surface area contributed by atoms with Crippen molar-refractivity contribution in [2.24, 2.45) is 0 Å². The van der Waals surface area contributed by atoms with Gasteiger partial charge >= 0.3 is 0 Å². The van der Waals surface area contributed by atoms with E-state index >= 15 is 0 Å². The van der Waals surface area contributed by atoms with Crippen LogP contribution in [0.1, 0.15) is 45.2 Å². The minimum Gasteiger partial charge on any atom is -0.494 e. The number of carbonyl (C=O) groups excluding carboxylic acids is 2. The van der Waals surface area contributed by atoms with E-state index in [9.17, 15) is 18.0 Å². The molecule has 3 aromatic carbocycles. The molecule has 0 saturated carbocycles. The molecule has 0 aliphatic heterocycles. The average molecular weight is 566 g/mol. The third-order valence-corrected chi connectivity index (χ3v) is 8.48. The van der Waals surface area contributed by atoms with E-state index in [1.807, 2.05) is 58.0 Å². The number of rotatable bonds is 13. The number of sulfonamides is 1. The molecule has 1 N–H and O–H groups in total. The summed E-state index contributed by atoms with van der Waals surface area (Å²) in [6.07, 6.45) is 0.741. The van der Waals surface area contributed by atoms with Crippen LogP contribution in [0.15, 0.2) is 83.8 Å². The maximum absolute atomic E-state index is 13.9. The van der Waals surface area contributed by atoms with Crippen LogP contribution < -0.4 is 14.4 Å². The third-order valence-electron chi connectivity index (χ3n) is 6.69. The van der Waals surface area contributed by atoms with Crippen LogP contribution >= 0.6 is 0 Å². The summed E-state index contributed by atoms with van der Waals surface area (Å²) < 4.78 is 34.4. The molecule has 0 heterocycles. The highest BCUT2D eigenvalue weighted by Gasteiger charge is 2.32. The summed E-state index contributed by atoms with van der Waals surface area (Å²) in [5, 5.41) is 2.94. The Balaban J connectivity index is 2.01. The van der Waals surface area contributed by atoms with E-state index < -0.39 is 28.5 Å². The van der Waals surface area contributed by atoms with Crippen molar-refractivity contribution in [2.75, 3.05) is 17.5 Å². The fourth-order valence-corrected chi connectivity index (χ4v) is 5.48. The van der Waals surface area contributed by atoms with E-state index in [2.05, 4.69) is 5.32 Å². The van der Waals surface area contributed by atoms with Gasteiger partial charge in [0.05, 0.1) is 17.2 Å². The van der Waals surface area contributed by atoms with Crippen LogP contribution in [0.5, 0.6) is 5.75 Å². The molecule has 214 valence electrons. The minimum atomic E-state index is -4.12. The lowest BCUT2D eigenvalue weighted by atomic mass is 10.1. The minimum absolute atomic E-state index is 0.0640. The first-order valence-electron chi connectivity index (χ1n) is 13.5. The van der Waals surface area contributed by atoms with Crippen molar-refractivity contribution in [2.45, 2.75) is 64.6 Å². The molecule has 2 atom stereocenters. The lowest BCUT2D eigenvalue weighted by Crippen LogP contribution is -2.52. The van der Waals surface area contributed by atoms with E-state index in [4.69, 9.17) is 4.74 Å². The van der Waals surface area contributed by atoms with Crippen molar-refractivity contribution in [3.8, 4) is 5.75 Å². The van der Waals surface area contributed by atoms with Crippen molar-refractivity contribution < 1.29 is 22.7 Å². The van der Waals surface area contributed by atoms with Gasteiger partial charge < -0.3 is 15.0 Å². The van der Waals surface area contributed by atoms with Gasteiger partial charge in [-0.15, -0.1) is 0 Å². The van der Waals surface area contributed by atoms with E-state index in [1.165, 1.54) is 17.0 Å². The highest BCUT2D eigenvalue weighted by atomic mass is 32.2. The molecule has 0 fully saturated rings. The molecule has 0 unspecified atom stereocenters. The SMILES string of the molecule is CCOc1ccc(N(CC(=O)N(Cc2ccccc2)[C@@H](C)C(=O)N[C@H](C)CC)S(=O)(=O)c2ccc(C)cc2)cc1. The zero-order valence-electron chi connectivity index (χ0n) is 23.8. The number of amides is 2. The molecule has 0 saturated heterocycles. The molecular weight excluding hydrogens is 526 g/mol. The second-order valence-electron chi connectivity index (χ2n) is 9.75. The molecule has 3 aromatic rings. The monoisotopic (exact) mass is 565 g/mol. The van der Waals surface area contributed by atoms with E-state index in [0.29, 0.717) is 18.0 Å². The summed E-state index contributed by atoms with van der Waals surface area (Å²) >= 11 is 0. The Morgan fingerprint density at radius 3 is 2.10 bits per heavy atom. The second kappa shape index (κ2) is 14.0. The molecule has 0 aromatic heterocycles. The normalized spacial score (nSPS) is 12.7. The van der Waals surface area contributed by atoms with Gasteiger partial charge in [0.25, 0.3) is 10.0 Å². The Morgan fingerprint density at radius 1 is 0.900 bits per heavy atom. The van der Waals surface area contributed by atoms with Gasteiger partial charge in [-0.25, -0.2) is 8.42 Å². The number of ether oxygens (including phenoxy) is 1. The summed E-state index contributed by atoms with van der Waals surface area (Å²) in [4.78, 5) is 28.5. The quantitative estimate of drug-likeness (QED) is 0.317. The number of hydrogen-bond donors (Lipinski definition) is 1.